The maximum atomic E-state index is 8.37. The van der Waals surface area contributed by atoms with Gasteiger partial charge in [-0.1, -0.05) is 16.8 Å². The fourth-order valence-electron chi connectivity index (χ4n) is 0.969. The van der Waals surface area contributed by atoms with E-state index in [4.69, 9.17) is 21.5 Å². The van der Waals surface area contributed by atoms with Gasteiger partial charge in [-0.25, -0.2) is 0 Å². The highest BCUT2D eigenvalue weighted by atomic mass is 35.5. The number of oxime groups is 1. The normalized spacial score (nSPS) is 10.6. The minimum Gasteiger partial charge on any atom is -0.493 e. The number of hydrogen-bond acceptors (Lipinski definition) is 3. The van der Waals surface area contributed by atoms with Crippen molar-refractivity contribution in [3.05, 3.63) is 28.8 Å². The summed E-state index contributed by atoms with van der Waals surface area (Å²) in [6.07, 6.45) is 1.29. The second-order valence-corrected chi connectivity index (χ2v) is 2.80. The quantitative estimate of drug-likeness (QED) is 0.462. The van der Waals surface area contributed by atoms with Crippen molar-refractivity contribution in [2.24, 2.45) is 5.16 Å². The molecule has 1 rings (SSSR count). The minimum atomic E-state index is 0.563. The Morgan fingerprint density at radius 3 is 3.00 bits per heavy atom. The SMILES string of the molecule is CCOc1ccc(Cl)cc1C=NO. The maximum Gasteiger partial charge on any atom is 0.128 e. The second kappa shape index (κ2) is 4.72. The molecule has 0 amide bonds. The van der Waals surface area contributed by atoms with Gasteiger partial charge in [0.15, 0.2) is 0 Å². The Kier molecular flexibility index (Phi) is 3.58. The predicted octanol–water partition coefficient (Wildman–Crippen LogP) is 2.55. The van der Waals surface area contributed by atoms with Crippen LogP contribution in [0.5, 0.6) is 5.75 Å². The molecule has 4 heteroatoms. The molecule has 0 heterocycles. The van der Waals surface area contributed by atoms with Crippen molar-refractivity contribution >= 4 is 17.8 Å². The van der Waals surface area contributed by atoms with E-state index >= 15 is 0 Å². The van der Waals surface area contributed by atoms with Crippen LogP contribution >= 0.6 is 11.6 Å². The standard InChI is InChI=1S/C9H10ClNO2/c1-2-13-9-4-3-8(10)5-7(9)6-11-12/h3-6,12H,2H2,1H3. The fourth-order valence-corrected chi connectivity index (χ4v) is 1.15. The Labute approximate surface area is 81.6 Å². The summed E-state index contributed by atoms with van der Waals surface area (Å²) in [6, 6.07) is 5.14. The predicted molar refractivity (Wildman–Crippen MR) is 52.0 cm³/mol. The summed E-state index contributed by atoms with van der Waals surface area (Å²) in [5.74, 6) is 0.657. The van der Waals surface area contributed by atoms with E-state index in [0.717, 1.165) is 0 Å². The van der Waals surface area contributed by atoms with Gasteiger partial charge in [-0.15, -0.1) is 0 Å². The van der Waals surface area contributed by atoms with E-state index in [2.05, 4.69) is 5.16 Å². The Balaban J connectivity index is 3.03. The number of nitrogens with zero attached hydrogens (tertiary/aromatic N) is 1. The molecule has 0 spiro atoms. The van der Waals surface area contributed by atoms with Crippen LogP contribution in [0.15, 0.2) is 23.4 Å². The molecule has 70 valence electrons. The smallest absolute Gasteiger partial charge is 0.128 e. The van der Waals surface area contributed by atoms with E-state index in [1.165, 1.54) is 6.21 Å². The van der Waals surface area contributed by atoms with Crippen LogP contribution in [0.4, 0.5) is 0 Å². The van der Waals surface area contributed by atoms with E-state index in [9.17, 15) is 0 Å². The number of benzene rings is 1. The monoisotopic (exact) mass is 199 g/mol. The molecule has 0 fully saturated rings. The zero-order chi connectivity index (χ0) is 9.68. The lowest BCUT2D eigenvalue weighted by Crippen LogP contribution is -1.95. The lowest BCUT2D eigenvalue weighted by Gasteiger charge is -2.05. The van der Waals surface area contributed by atoms with Crippen LogP contribution in [0.2, 0.25) is 5.02 Å². The lowest BCUT2D eigenvalue weighted by molar-refractivity contribution is 0.320. The van der Waals surface area contributed by atoms with Gasteiger partial charge < -0.3 is 9.94 Å². The zero-order valence-corrected chi connectivity index (χ0v) is 7.95. The van der Waals surface area contributed by atoms with Crippen molar-refractivity contribution in [3.63, 3.8) is 0 Å². The molecule has 0 aliphatic carbocycles. The van der Waals surface area contributed by atoms with Crippen molar-refractivity contribution in [2.75, 3.05) is 6.61 Å². The number of halogens is 1. The third-order valence-corrected chi connectivity index (χ3v) is 1.70. The van der Waals surface area contributed by atoms with Gasteiger partial charge in [0.2, 0.25) is 0 Å². The summed E-state index contributed by atoms with van der Waals surface area (Å²) in [4.78, 5) is 0. The fraction of sp³-hybridized carbons (Fsp3) is 0.222. The van der Waals surface area contributed by atoms with Gasteiger partial charge in [0.1, 0.15) is 5.75 Å². The van der Waals surface area contributed by atoms with E-state index < -0.39 is 0 Å². The highest BCUT2D eigenvalue weighted by molar-refractivity contribution is 6.30. The molecule has 0 saturated carbocycles. The molecule has 3 nitrogen and oxygen atoms in total. The van der Waals surface area contributed by atoms with Crippen LogP contribution in [0.1, 0.15) is 12.5 Å². The number of ether oxygens (including phenoxy) is 1. The van der Waals surface area contributed by atoms with E-state index in [-0.39, 0.29) is 0 Å². The number of rotatable bonds is 3. The minimum absolute atomic E-state index is 0.563. The molecule has 0 aliphatic heterocycles. The zero-order valence-electron chi connectivity index (χ0n) is 7.20. The molecule has 0 saturated heterocycles. The highest BCUT2D eigenvalue weighted by Crippen LogP contribution is 2.21. The van der Waals surface area contributed by atoms with Gasteiger partial charge in [0, 0.05) is 10.6 Å². The van der Waals surface area contributed by atoms with Crippen LogP contribution in [-0.4, -0.2) is 18.0 Å². The Bertz CT molecular complexity index is 312. The van der Waals surface area contributed by atoms with Crippen LogP contribution in [0.25, 0.3) is 0 Å². The molecule has 1 aromatic carbocycles. The van der Waals surface area contributed by atoms with Crippen molar-refractivity contribution in [1.82, 2.24) is 0 Å². The van der Waals surface area contributed by atoms with Gasteiger partial charge in [0.25, 0.3) is 0 Å². The molecule has 0 aromatic heterocycles. The van der Waals surface area contributed by atoms with Gasteiger partial charge in [-0.2, -0.15) is 0 Å². The maximum absolute atomic E-state index is 8.37. The Hall–Kier alpha value is -1.22. The third kappa shape index (κ3) is 2.63. The van der Waals surface area contributed by atoms with Gasteiger partial charge >= 0.3 is 0 Å². The molecule has 0 radical (unpaired) electrons. The van der Waals surface area contributed by atoms with Gasteiger partial charge in [-0.3, -0.25) is 0 Å². The second-order valence-electron chi connectivity index (χ2n) is 2.36. The lowest BCUT2D eigenvalue weighted by atomic mass is 10.2. The van der Waals surface area contributed by atoms with Gasteiger partial charge in [0.05, 0.1) is 12.8 Å². The summed E-state index contributed by atoms with van der Waals surface area (Å²) < 4.78 is 5.28. The first kappa shape index (κ1) is 9.86. The van der Waals surface area contributed by atoms with Crippen LogP contribution < -0.4 is 4.74 Å². The van der Waals surface area contributed by atoms with Crippen molar-refractivity contribution in [1.29, 1.82) is 0 Å². The molecule has 1 aromatic rings. The molecular weight excluding hydrogens is 190 g/mol. The van der Waals surface area contributed by atoms with Crippen molar-refractivity contribution < 1.29 is 9.94 Å². The molecule has 0 bridgehead atoms. The molecule has 13 heavy (non-hydrogen) atoms. The summed E-state index contributed by atoms with van der Waals surface area (Å²) in [7, 11) is 0. The number of hydrogen-bond donors (Lipinski definition) is 1. The van der Waals surface area contributed by atoms with E-state index in [1.807, 2.05) is 6.92 Å². The van der Waals surface area contributed by atoms with E-state index in [0.29, 0.717) is 22.9 Å². The average Bonchev–Trinajstić information content (AvgIpc) is 2.10. The largest absolute Gasteiger partial charge is 0.493 e. The van der Waals surface area contributed by atoms with Crippen LogP contribution in [0.3, 0.4) is 0 Å². The molecule has 0 unspecified atom stereocenters. The van der Waals surface area contributed by atoms with Gasteiger partial charge in [-0.05, 0) is 25.1 Å². The Morgan fingerprint density at radius 1 is 1.62 bits per heavy atom. The first-order chi connectivity index (χ1) is 6.27. The first-order valence-electron chi connectivity index (χ1n) is 3.87. The topological polar surface area (TPSA) is 41.8 Å². The molecular formula is C9H10ClNO2. The van der Waals surface area contributed by atoms with Crippen LogP contribution in [-0.2, 0) is 0 Å². The molecule has 0 aliphatic rings. The Morgan fingerprint density at radius 2 is 2.38 bits per heavy atom. The third-order valence-electron chi connectivity index (χ3n) is 1.47. The summed E-state index contributed by atoms with van der Waals surface area (Å²) in [5, 5.41) is 11.9. The molecule has 0 atom stereocenters. The van der Waals surface area contributed by atoms with Crippen molar-refractivity contribution in [3.8, 4) is 5.75 Å². The summed E-state index contributed by atoms with van der Waals surface area (Å²) >= 11 is 5.75. The first-order valence-corrected chi connectivity index (χ1v) is 4.25. The molecule has 1 N–H and O–H groups in total. The van der Waals surface area contributed by atoms with Crippen molar-refractivity contribution in [2.45, 2.75) is 6.92 Å². The highest BCUT2D eigenvalue weighted by Gasteiger charge is 2.01. The summed E-state index contributed by atoms with van der Waals surface area (Å²) in [6.45, 7) is 2.45. The van der Waals surface area contributed by atoms with E-state index in [1.54, 1.807) is 18.2 Å². The average molecular weight is 200 g/mol. The van der Waals surface area contributed by atoms with Crippen LogP contribution in [0, 0.1) is 0 Å². The summed E-state index contributed by atoms with van der Waals surface area (Å²) in [5.41, 5.74) is 0.664.